The number of esters is 1. The molecule has 1 aliphatic heterocycles. The first-order valence-electron chi connectivity index (χ1n) is 16.2. The molecule has 0 aromatic carbocycles. The second-order valence-corrected chi connectivity index (χ2v) is 32.5. The number of carbonyl (C=O) groups excluding carboxylic acids is 3. The Labute approximate surface area is 267 Å². The van der Waals surface area contributed by atoms with Gasteiger partial charge in [0.1, 0.15) is 18.2 Å². The molecule has 1 aliphatic rings. The van der Waals surface area contributed by atoms with Crippen molar-refractivity contribution in [1.29, 1.82) is 0 Å². The third-order valence-corrected chi connectivity index (χ3v) is 20.4. The molecule has 1 fully saturated rings. The minimum absolute atomic E-state index is 0.0124. The van der Waals surface area contributed by atoms with Gasteiger partial charge in [0.2, 0.25) is 5.91 Å². The first kappa shape index (κ1) is 40.0. The van der Waals surface area contributed by atoms with Crippen molar-refractivity contribution in [2.45, 2.75) is 161 Å². The third kappa shape index (κ3) is 11.4. The molecule has 252 valence electrons. The summed E-state index contributed by atoms with van der Waals surface area (Å²) in [6.45, 7) is 34.9. The maximum Gasteiger partial charge on any atom is 0.328 e. The largest absolute Gasteiger partial charge is 0.464 e. The van der Waals surface area contributed by atoms with Crippen molar-refractivity contribution in [2.75, 3.05) is 20.2 Å². The van der Waals surface area contributed by atoms with E-state index in [1.54, 1.807) is 18.9 Å². The van der Waals surface area contributed by atoms with Crippen LogP contribution in [0.4, 0.5) is 0 Å². The molecule has 4 atom stereocenters. The highest BCUT2D eigenvalue weighted by Gasteiger charge is 2.49. The molecule has 0 radical (unpaired) electrons. The number of amides is 2. The summed E-state index contributed by atoms with van der Waals surface area (Å²) < 4.78 is 19.0. The number of ether oxygens (including phenoxy) is 1. The number of rotatable bonds is 13. The second-order valence-electron chi connectivity index (χ2n) is 17.3. The highest BCUT2D eigenvalue weighted by atomic mass is 28.4. The van der Waals surface area contributed by atoms with Gasteiger partial charge in [0.25, 0.3) is 5.91 Å². The fourth-order valence-electron chi connectivity index (χ4n) is 4.66. The van der Waals surface area contributed by atoms with Crippen LogP contribution in [0.5, 0.6) is 0 Å². The molecule has 1 saturated heterocycles. The molecule has 11 heteroatoms. The van der Waals surface area contributed by atoms with E-state index in [9.17, 15) is 14.4 Å². The third-order valence-electron chi connectivity index (χ3n) is 9.60. The second kappa shape index (κ2) is 14.6. The monoisotopic (exact) mass is 658 g/mol. The summed E-state index contributed by atoms with van der Waals surface area (Å²) in [5, 5.41) is -0.0721. The Morgan fingerprint density at radius 1 is 0.884 bits per heavy atom. The fourth-order valence-corrected chi connectivity index (χ4v) is 8.07. The number of nitrogens with zero attached hydrogens (tertiary/aromatic N) is 2. The molecule has 0 aromatic rings. The van der Waals surface area contributed by atoms with E-state index in [1.807, 2.05) is 13.8 Å². The van der Waals surface area contributed by atoms with Crippen LogP contribution in [0.25, 0.3) is 0 Å². The molecule has 0 bridgehead atoms. The highest BCUT2D eigenvalue weighted by Crippen LogP contribution is 2.40. The van der Waals surface area contributed by atoms with Gasteiger partial charge in [-0.15, -0.1) is 0 Å². The standard InChI is InChI=1S/C32H66N2O6Si3/c1-23(2)20-27(30(37)38-18-19-41(11,12)13)33(10)29(36)26-21-25(40-43(16,17)32(7,8)9)22-34(26)28(35)24(3)39-42(14,15)31(4,5)6/h23-27H,18-22H2,1-17H3/t24-,25+,26-,27+/m0/s1. The Balaban J connectivity index is 3.36. The molecule has 8 nitrogen and oxygen atoms in total. The van der Waals surface area contributed by atoms with Crippen LogP contribution in [0.2, 0.25) is 61.9 Å². The number of likely N-dealkylation sites (tertiary alicyclic amines) is 1. The zero-order valence-corrected chi connectivity index (χ0v) is 33.8. The summed E-state index contributed by atoms with van der Waals surface area (Å²) in [6.07, 6.45) is -0.0674. The molecule has 43 heavy (non-hydrogen) atoms. The lowest BCUT2D eigenvalue weighted by atomic mass is 10.0. The molecule has 1 rings (SSSR count). The van der Waals surface area contributed by atoms with Gasteiger partial charge in [-0.2, -0.15) is 0 Å². The molecule has 2 amide bonds. The summed E-state index contributed by atoms with van der Waals surface area (Å²) in [5.74, 6) is -0.640. The van der Waals surface area contributed by atoms with Crippen LogP contribution >= 0.6 is 0 Å². The normalized spacial score (nSPS) is 20.3. The summed E-state index contributed by atoms with van der Waals surface area (Å²) in [4.78, 5) is 44.8. The van der Waals surface area contributed by atoms with Crippen LogP contribution < -0.4 is 0 Å². The zero-order chi connectivity index (χ0) is 33.9. The first-order valence-corrected chi connectivity index (χ1v) is 25.7. The molecule has 0 spiro atoms. The average Bonchev–Trinajstić information content (AvgIpc) is 3.21. The average molecular weight is 659 g/mol. The SMILES string of the molecule is CC(C)C[C@H](C(=O)OCC[Si](C)(C)C)N(C)C(=O)[C@@H]1C[C@@H](O[Si](C)(C)C(C)(C)C)CN1C(=O)[C@H](C)O[Si](C)(C)C(C)(C)C. The molecule has 0 aromatic heterocycles. The van der Waals surface area contributed by atoms with Crippen molar-refractivity contribution < 1.29 is 28.0 Å². The van der Waals surface area contributed by atoms with Crippen molar-refractivity contribution in [3.05, 3.63) is 0 Å². The van der Waals surface area contributed by atoms with Gasteiger partial charge in [-0.25, -0.2) is 4.79 Å². The van der Waals surface area contributed by atoms with Gasteiger partial charge in [0.15, 0.2) is 16.6 Å². The molecule has 0 aliphatic carbocycles. The lowest BCUT2D eigenvalue weighted by molar-refractivity contribution is -0.157. The molecular weight excluding hydrogens is 593 g/mol. The Kier molecular flexibility index (Phi) is 13.6. The summed E-state index contributed by atoms with van der Waals surface area (Å²) in [7, 11) is -4.11. The maximum absolute atomic E-state index is 14.3. The summed E-state index contributed by atoms with van der Waals surface area (Å²) in [6, 6.07) is -0.580. The van der Waals surface area contributed by atoms with Crippen LogP contribution in [-0.4, -0.2) is 96.8 Å². The maximum atomic E-state index is 14.3. The molecule has 0 saturated carbocycles. The van der Waals surface area contributed by atoms with Crippen LogP contribution in [-0.2, 0) is 28.0 Å². The lowest BCUT2D eigenvalue weighted by Gasteiger charge is -2.39. The van der Waals surface area contributed by atoms with E-state index < -0.39 is 42.9 Å². The topological polar surface area (TPSA) is 85.4 Å². The Morgan fingerprint density at radius 2 is 1.40 bits per heavy atom. The van der Waals surface area contributed by atoms with E-state index in [-0.39, 0.29) is 39.9 Å². The van der Waals surface area contributed by atoms with Crippen LogP contribution in [0.3, 0.4) is 0 Å². The minimum atomic E-state index is -2.24. The van der Waals surface area contributed by atoms with E-state index in [1.165, 1.54) is 4.90 Å². The van der Waals surface area contributed by atoms with E-state index in [4.69, 9.17) is 13.6 Å². The van der Waals surface area contributed by atoms with Crippen molar-refractivity contribution in [3.63, 3.8) is 0 Å². The predicted octanol–water partition coefficient (Wildman–Crippen LogP) is 7.14. The van der Waals surface area contributed by atoms with E-state index in [2.05, 4.69) is 87.4 Å². The van der Waals surface area contributed by atoms with Gasteiger partial charge in [0.05, 0.1) is 12.7 Å². The smallest absolute Gasteiger partial charge is 0.328 e. The summed E-state index contributed by atoms with van der Waals surface area (Å²) >= 11 is 0. The molecule has 1 heterocycles. The Hall–Kier alpha value is -1.02. The molecule has 0 N–H and O–H groups in total. The van der Waals surface area contributed by atoms with Gasteiger partial charge >= 0.3 is 5.97 Å². The molecular formula is C32H66N2O6Si3. The van der Waals surface area contributed by atoms with Gasteiger partial charge in [-0.3, -0.25) is 9.59 Å². The lowest BCUT2D eigenvalue weighted by Crippen LogP contribution is -2.55. The summed E-state index contributed by atoms with van der Waals surface area (Å²) in [5.41, 5.74) is 0. The van der Waals surface area contributed by atoms with Crippen molar-refractivity contribution in [3.8, 4) is 0 Å². The fraction of sp³-hybridized carbons (Fsp3) is 0.906. The number of likely N-dealkylation sites (N-methyl/N-ethyl adjacent to an activating group) is 1. The van der Waals surface area contributed by atoms with Crippen molar-refractivity contribution in [2.24, 2.45) is 5.92 Å². The number of carbonyl (C=O) groups is 3. The Morgan fingerprint density at radius 3 is 1.84 bits per heavy atom. The van der Waals surface area contributed by atoms with Gasteiger partial charge in [-0.05, 0) is 61.6 Å². The van der Waals surface area contributed by atoms with E-state index >= 15 is 0 Å². The van der Waals surface area contributed by atoms with E-state index in [0.717, 1.165) is 6.04 Å². The van der Waals surface area contributed by atoms with Crippen LogP contribution in [0, 0.1) is 5.92 Å². The van der Waals surface area contributed by atoms with Crippen LogP contribution in [0.15, 0.2) is 0 Å². The van der Waals surface area contributed by atoms with Crippen LogP contribution in [0.1, 0.15) is 75.2 Å². The van der Waals surface area contributed by atoms with Gasteiger partial charge < -0.3 is 23.4 Å². The van der Waals surface area contributed by atoms with Gasteiger partial charge in [0, 0.05) is 28.1 Å². The van der Waals surface area contributed by atoms with Crippen molar-refractivity contribution >= 4 is 42.5 Å². The minimum Gasteiger partial charge on any atom is -0.464 e. The van der Waals surface area contributed by atoms with Gasteiger partial charge in [-0.1, -0.05) is 75.0 Å². The predicted molar refractivity (Wildman–Crippen MR) is 185 cm³/mol. The zero-order valence-electron chi connectivity index (χ0n) is 30.8. The highest BCUT2D eigenvalue weighted by molar-refractivity contribution is 6.76. The molecule has 0 unspecified atom stereocenters. The van der Waals surface area contributed by atoms with E-state index in [0.29, 0.717) is 26.0 Å². The first-order chi connectivity index (χ1) is 19.1. The quantitative estimate of drug-likeness (QED) is 0.154. The number of hydrogen-bond acceptors (Lipinski definition) is 6. The van der Waals surface area contributed by atoms with Crippen molar-refractivity contribution in [1.82, 2.24) is 9.80 Å². The Bertz CT molecular complexity index is 966. The number of hydrogen-bond donors (Lipinski definition) is 0.